The van der Waals surface area contributed by atoms with Crippen LogP contribution in [0.25, 0.3) is 0 Å². The lowest BCUT2D eigenvalue weighted by Crippen LogP contribution is -2.46. The third kappa shape index (κ3) is 4.04. The predicted octanol–water partition coefficient (Wildman–Crippen LogP) is 4.87. The second-order valence-electron chi connectivity index (χ2n) is 7.74. The fourth-order valence-electron chi connectivity index (χ4n) is 4.14. The zero-order valence-electron chi connectivity index (χ0n) is 16.6. The van der Waals surface area contributed by atoms with Crippen LogP contribution in [-0.4, -0.2) is 48.0 Å². The van der Waals surface area contributed by atoms with Crippen LogP contribution in [-0.2, 0) is 6.42 Å². The van der Waals surface area contributed by atoms with Crippen LogP contribution >= 0.6 is 11.8 Å². The van der Waals surface area contributed by atoms with E-state index in [0.717, 1.165) is 38.3 Å². The summed E-state index contributed by atoms with van der Waals surface area (Å²) in [6.07, 6.45) is 2.80. The van der Waals surface area contributed by atoms with E-state index in [0.29, 0.717) is 11.9 Å². The largest absolute Gasteiger partial charge is 0.439 e. The first-order valence-corrected chi connectivity index (χ1v) is 11.0. The van der Waals surface area contributed by atoms with E-state index in [2.05, 4.69) is 64.3 Å². The first-order valence-electron chi connectivity index (χ1n) is 10.2. The van der Waals surface area contributed by atoms with Crippen LogP contribution in [0.4, 0.5) is 0 Å². The van der Waals surface area contributed by atoms with E-state index < -0.39 is 0 Å². The molecule has 2 aliphatic rings. The van der Waals surface area contributed by atoms with Crippen LogP contribution in [0.5, 0.6) is 11.6 Å². The molecule has 0 spiro atoms. The van der Waals surface area contributed by atoms with Crippen molar-refractivity contribution in [3.8, 4) is 11.6 Å². The maximum Gasteiger partial charge on any atom is 0.219 e. The topological polar surface area (TPSA) is 28.6 Å². The highest BCUT2D eigenvalue weighted by molar-refractivity contribution is 7.99. The van der Waals surface area contributed by atoms with Gasteiger partial charge in [-0.1, -0.05) is 36.0 Å². The van der Waals surface area contributed by atoms with Gasteiger partial charge in [0.1, 0.15) is 5.75 Å². The average Bonchev–Trinajstić information content (AvgIpc) is 2.92. The standard InChI is InChI=1S/C24H25N3OS/c1-26-12-14-27(15-13-26)21-16-18-6-2-3-7-22(18)29-23-10-9-19(17-20(21)23)28-24-8-4-5-11-25-24/h2-11,17,21H,12-16H2,1H3. The molecule has 0 saturated carbocycles. The summed E-state index contributed by atoms with van der Waals surface area (Å²) in [4.78, 5) is 12.1. The molecular formula is C24H25N3OS. The molecule has 2 aliphatic heterocycles. The molecule has 0 aliphatic carbocycles. The molecule has 5 rings (SSSR count). The fourth-order valence-corrected chi connectivity index (χ4v) is 5.25. The van der Waals surface area contributed by atoms with Crippen molar-refractivity contribution in [2.24, 2.45) is 0 Å². The number of ether oxygens (including phenoxy) is 1. The number of hydrogen-bond acceptors (Lipinski definition) is 5. The van der Waals surface area contributed by atoms with Gasteiger partial charge < -0.3 is 9.64 Å². The summed E-state index contributed by atoms with van der Waals surface area (Å²) >= 11 is 1.88. The Morgan fingerprint density at radius 2 is 1.76 bits per heavy atom. The molecule has 5 heteroatoms. The van der Waals surface area contributed by atoms with Gasteiger partial charge in [-0.3, -0.25) is 4.90 Å². The monoisotopic (exact) mass is 403 g/mol. The fraction of sp³-hybridized carbons (Fsp3) is 0.292. The zero-order chi connectivity index (χ0) is 19.6. The minimum atomic E-state index is 0.363. The Bertz CT molecular complexity index is 986. The number of piperazine rings is 1. The Balaban J connectivity index is 1.52. The van der Waals surface area contributed by atoms with E-state index in [-0.39, 0.29) is 0 Å². The molecule has 29 heavy (non-hydrogen) atoms. The van der Waals surface area contributed by atoms with Crippen LogP contribution in [0, 0.1) is 0 Å². The number of benzene rings is 2. The van der Waals surface area contributed by atoms with Gasteiger partial charge in [0.05, 0.1) is 0 Å². The summed E-state index contributed by atoms with van der Waals surface area (Å²) in [6, 6.07) is 21.4. The molecule has 1 fully saturated rings. The molecule has 3 aromatic rings. The van der Waals surface area contributed by atoms with Crippen LogP contribution in [0.2, 0.25) is 0 Å². The first-order chi connectivity index (χ1) is 14.3. The summed E-state index contributed by atoms with van der Waals surface area (Å²) < 4.78 is 6.07. The van der Waals surface area contributed by atoms with Gasteiger partial charge in [-0.15, -0.1) is 0 Å². The summed E-state index contributed by atoms with van der Waals surface area (Å²) in [5.74, 6) is 1.49. The molecule has 0 N–H and O–H groups in total. The van der Waals surface area contributed by atoms with Gasteiger partial charge in [0.25, 0.3) is 0 Å². The lowest BCUT2D eigenvalue weighted by Gasteiger charge is -2.38. The molecule has 1 aromatic heterocycles. The molecule has 0 bridgehead atoms. The van der Waals surface area contributed by atoms with Crippen molar-refractivity contribution in [1.82, 2.24) is 14.8 Å². The quantitative estimate of drug-likeness (QED) is 0.622. The molecular weight excluding hydrogens is 378 g/mol. The van der Waals surface area contributed by atoms with Crippen molar-refractivity contribution in [2.75, 3.05) is 33.2 Å². The second kappa shape index (κ2) is 8.19. The molecule has 148 valence electrons. The minimum Gasteiger partial charge on any atom is -0.439 e. The summed E-state index contributed by atoms with van der Waals surface area (Å²) in [6.45, 7) is 4.42. The highest BCUT2D eigenvalue weighted by atomic mass is 32.2. The third-order valence-corrected chi connectivity index (χ3v) is 6.99. The van der Waals surface area contributed by atoms with Gasteiger partial charge in [-0.25, -0.2) is 4.98 Å². The molecule has 1 saturated heterocycles. The number of nitrogens with zero attached hydrogens (tertiary/aromatic N) is 3. The van der Waals surface area contributed by atoms with Crippen molar-refractivity contribution in [3.63, 3.8) is 0 Å². The van der Waals surface area contributed by atoms with Gasteiger partial charge in [-0.05, 0) is 54.9 Å². The van der Waals surface area contributed by atoms with E-state index in [1.807, 2.05) is 30.0 Å². The second-order valence-corrected chi connectivity index (χ2v) is 8.82. The van der Waals surface area contributed by atoms with Crippen molar-refractivity contribution in [1.29, 1.82) is 0 Å². The number of aromatic nitrogens is 1. The Morgan fingerprint density at radius 3 is 2.59 bits per heavy atom. The molecule has 4 nitrogen and oxygen atoms in total. The molecule has 0 amide bonds. The Kier molecular flexibility index (Phi) is 5.27. The number of rotatable bonds is 3. The van der Waals surface area contributed by atoms with Crippen LogP contribution in [0.3, 0.4) is 0 Å². The summed E-state index contributed by atoms with van der Waals surface area (Å²) in [7, 11) is 2.21. The minimum absolute atomic E-state index is 0.363. The van der Waals surface area contributed by atoms with Crippen LogP contribution in [0.1, 0.15) is 17.2 Å². The molecule has 1 unspecified atom stereocenters. The SMILES string of the molecule is CN1CCN(C2Cc3ccccc3Sc3ccc(Oc4ccccn4)cc32)CC1. The number of likely N-dealkylation sites (N-methyl/N-ethyl adjacent to an activating group) is 1. The highest BCUT2D eigenvalue weighted by Gasteiger charge is 2.29. The van der Waals surface area contributed by atoms with Gasteiger partial charge in [0.15, 0.2) is 0 Å². The maximum absolute atomic E-state index is 6.07. The average molecular weight is 404 g/mol. The van der Waals surface area contributed by atoms with Crippen molar-refractivity contribution < 1.29 is 4.74 Å². The van der Waals surface area contributed by atoms with E-state index in [1.54, 1.807) is 6.20 Å². The van der Waals surface area contributed by atoms with Crippen molar-refractivity contribution >= 4 is 11.8 Å². The van der Waals surface area contributed by atoms with Gasteiger partial charge in [0.2, 0.25) is 5.88 Å². The third-order valence-electron chi connectivity index (χ3n) is 5.78. The van der Waals surface area contributed by atoms with E-state index in [4.69, 9.17) is 4.74 Å². The van der Waals surface area contributed by atoms with E-state index in [9.17, 15) is 0 Å². The number of fused-ring (bicyclic) bond motifs is 2. The Labute approximate surface area is 176 Å². The summed E-state index contributed by atoms with van der Waals surface area (Å²) in [5.41, 5.74) is 2.80. The van der Waals surface area contributed by atoms with E-state index >= 15 is 0 Å². The van der Waals surface area contributed by atoms with Crippen molar-refractivity contribution in [3.05, 3.63) is 78.0 Å². The molecule has 2 aromatic carbocycles. The summed E-state index contributed by atoms with van der Waals surface area (Å²) in [5, 5.41) is 0. The zero-order valence-corrected chi connectivity index (χ0v) is 17.4. The maximum atomic E-state index is 6.07. The van der Waals surface area contributed by atoms with Crippen LogP contribution < -0.4 is 4.74 Å². The number of pyridine rings is 1. The Hall–Kier alpha value is -2.34. The molecule has 0 radical (unpaired) electrons. The van der Waals surface area contributed by atoms with Gasteiger partial charge in [0, 0.05) is 54.3 Å². The normalized spacial score (nSPS) is 19.8. The molecule has 3 heterocycles. The first kappa shape index (κ1) is 18.7. The van der Waals surface area contributed by atoms with E-state index in [1.165, 1.54) is 20.9 Å². The lowest BCUT2D eigenvalue weighted by molar-refractivity contribution is 0.109. The predicted molar refractivity (Wildman–Crippen MR) is 117 cm³/mol. The Morgan fingerprint density at radius 1 is 0.931 bits per heavy atom. The number of hydrogen-bond donors (Lipinski definition) is 0. The lowest BCUT2D eigenvalue weighted by atomic mass is 9.96. The van der Waals surface area contributed by atoms with Crippen molar-refractivity contribution in [2.45, 2.75) is 22.3 Å². The smallest absolute Gasteiger partial charge is 0.219 e. The van der Waals surface area contributed by atoms with Gasteiger partial charge >= 0.3 is 0 Å². The molecule has 1 atom stereocenters. The van der Waals surface area contributed by atoms with Crippen LogP contribution in [0.15, 0.2) is 76.7 Å². The highest BCUT2D eigenvalue weighted by Crippen LogP contribution is 2.44. The van der Waals surface area contributed by atoms with Gasteiger partial charge in [-0.2, -0.15) is 0 Å².